The predicted octanol–water partition coefficient (Wildman–Crippen LogP) is 6.56. The van der Waals surface area contributed by atoms with Gasteiger partial charge in [0.1, 0.15) is 0 Å². The zero-order valence-corrected chi connectivity index (χ0v) is 17.7. The molecule has 0 amide bonds. The number of esters is 2. The van der Waals surface area contributed by atoms with Crippen LogP contribution in [0.2, 0.25) is 0 Å². The SMILES string of the molecule is C=C(C)C(=O)OC(F)(F)C(F)(F)C(F)(F)C(F)(F)C(F)CC(F)(F)F.C=C(C)C(=O)OCC(F)(F)F. The number of ether oxygens (including phenoxy) is 2. The molecule has 1 unspecified atom stereocenters. The first-order valence-corrected chi connectivity index (χ1v) is 8.53. The fourth-order valence-electron chi connectivity index (χ4n) is 1.46. The molecule has 0 rings (SSSR count). The highest BCUT2D eigenvalue weighted by Crippen LogP contribution is 2.55. The Hall–Kier alpha value is -2.63. The van der Waals surface area contributed by atoms with E-state index in [-0.39, 0.29) is 5.57 Å². The van der Waals surface area contributed by atoms with Crippen molar-refractivity contribution in [1.29, 1.82) is 0 Å². The molecule has 0 aromatic heterocycles. The van der Waals surface area contributed by atoms with Gasteiger partial charge in [0, 0.05) is 11.1 Å². The van der Waals surface area contributed by atoms with Crippen molar-refractivity contribution in [2.75, 3.05) is 6.61 Å². The molecule has 36 heavy (non-hydrogen) atoms. The van der Waals surface area contributed by atoms with Crippen LogP contribution in [-0.2, 0) is 19.1 Å². The van der Waals surface area contributed by atoms with Gasteiger partial charge >= 0.3 is 48.2 Å². The standard InChI is InChI=1S/C11H8F12O2.C6H7F3O2/c1-4(2)6(24)25-11(22,23)10(20,21)9(18,19)8(16,17)5(12)3-7(13,14)15;1-4(2)5(10)11-3-6(7,8)9/h5H,1,3H2,2H3;1,3H2,2H3. The maximum Gasteiger partial charge on any atom is 0.473 e. The number of hydrogen-bond donors (Lipinski definition) is 0. The van der Waals surface area contributed by atoms with Gasteiger partial charge in [-0.3, -0.25) is 0 Å². The average molecular weight is 568 g/mol. The molecule has 0 aromatic carbocycles. The molecule has 0 radical (unpaired) electrons. The largest absolute Gasteiger partial charge is 0.473 e. The number of halogens is 15. The van der Waals surface area contributed by atoms with Gasteiger partial charge < -0.3 is 9.47 Å². The first kappa shape index (κ1) is 35.5. The number of carbonyl (C=O) groups is 2. The molecule has 0 saturated heterocycles. The molecule has 0 bridgehead atoms. The Balaban J connectivity index is 0. The summed E-state index contributed by atoms with van der Waals surface area (Å²) < 4.78 is 194. The predicted molar refractivity (Wildman–Crippen MR) is 88.1 cm³/mol. The zero-order valence-electron chi connectivity index (χ0n) is 17.7. The van der Waals surface area contributed by atoms with Crippen LogP contribution in [0.5, 0.6) is 0 Å². The van der Waals surface area contributed by atoms with Crippen molar-refractivity contribution in [3.05, 3.63) is 24.3 Å². The smallest absolute Gasteiger partial charge is 0.453 e. The van der Waals surface area contributed by atoms with Crippen LogP contribution in [0.15, 0.2) is 24.3 Å². The van der Waals surface area contributed by atoms with Gasteiger partial charge in [-0.05, 0) is 13.8 Å². The van der Waals surface area contributed by atoms with Crippen molar-refractivity contribution in [1.82, 2.24) is 0 Å². The zero-order chi connectivity index (χ0) is 29.7. The van der Waals surface area contributed by atoms with Gasteiger partial charge in [0.15, 0.2) is 12.8 Å². The molecular formula is C17H15F15O4. The van der Waals surface area contributed by atoms with Crippen LogP contribution < -0.4 is 0 Å². The van der Waals surface area contributed by atoms with Gasteiger partial charge in [-0.2, -0.15) is 61.5 Å². The summed E-state index contributed by atoms with van der Waals surface area (Å²) in [6.45, 7) is 6.06. The number of carbonyl (C=O) groups excluding carboxylic acids is 2. The molecule has 0 aliphatic heterocycles. The monoisotopic (exact) mass is 568 g/mol. The Morgan fingerprint density at radius 2 is 1.08 bits per heavy atom. The summed E-state index contributed by atoms with van der Waals surface area (Å²) in [5.74, 6) is -24.9. The summed E-state index contributed by atoms with van der Waals surface area (Å²) in [7, 11) is 0. The molecule has 0 aromatic rings. The average Bonchev–Trinajstić information content (AvgIpc) is 2.63. The Bertz CT molecular complexity index is 812. The fourth-order valence-corrected chi connectivity index (χ4v) is 1.46. The van der Waals surface area contributed by atoms with Crippen LogP contribution in [0, 0.1) is 0 Å². The van der Waals surface area contributed by atoms with Gasteiger partial charge in [-0.15, -0.1) is 0 Å². The van der Waals surface area contributed by atoms with E-state index in [9.17, 15) is 75.4 Å². The lowest BCUT2D eigenvalue weighted by Gasteiger charge is -2.37. The van der Waals surface area contributed by atoms with E-state index in [1.54, 1.807) is 0 Å². The topological polar surface area (TPSA) is 52.6 Å². The first-order valence-electron chi connectivity index (χ1n) is 8.53. The molecule has 19 heteroatoms. The number of alkyl halides is 15. The minimum atomic E-state index is -7.36. The molecule has 0 N–H and O–H groups in total. The van der Waals surface area contributed by atoms with Gasteiger partial charge in [-0.1, -0.05) is 13.2 Å². The van der Waals surface area contributed by atoms with Crippen LogP contribution in [0.1, 0.15) is 20.3 Å². The molecule has 212 valence electrons. The normalized spacial score (nSPS) is 14.2. The quantitative estimate of drug-likeness (QED) is 0.180. The van der Waals surface area contributed by atoms with Gasteiger partial charge in [0.2, 0.25) is 0 Å². The second kappa shape index (κ2) is 11.6. The van der Waals surface area contributed by atoms with Crippen molar-refractivity contribution in [2.24, 2.45) is 0 Å². The third-order valence-electron chi connectivity index (χ3n) is 3.27. The molecule has 4 nitrogen and oxygen atoms in total. The summed E-state index contributed by atoms with van der Waals surface area (Å²) in [4.78, 5) is 21.1. The first-order chi connectivity index (χ1) is 15.5. The third-order valence-corrected chi connectivity index (χ3v) is 3.27. The Kier molecular flexibility index (Phi) is 11.5. The van der Waals surface area contributed by atoms with Gasteiger partial charge in [0.25, 0.3) is 0 Å². The van der Waals surface area contributed by atoms with Crippen LogP contribution >= 0.6 is 0 Å². The minimum absolute atomic E-state index is 0.0470. The molecule has 0 fully saturated rings. The van der Waals surface area contributed by atoms with Crippen molar-refractivity contribution >= 4 is 11.9 Å². The van der Waals surface area contributed by atoms with Crippen molar-refractivity contribution < 1.29 is 84.9 Å². The third kappa shape index (κ3) is 9.79. The molecular weight excluding hydrogens is 553 g/mol. The summed E-state index contributed by atoms with van der Waals surface area (Å²) >= 11 is 0. The van der Waals surface area contributed by atoms with Crippen LogP contribution in [0.25, 0.3) is 0 Å². The lowest BCUT2D eigenvalue weighted by molar-refractivity contribution is -0.422. The lowest BCUT2D eigenvalue weighted by Crippen LogP contribution is -2.65. The fraction of sp³-hybridized carbons (Fsp3) is 0.647. The minimum Gasteiger partial charge on any atom is -0.453 e. The summed E-state index contributed by atoms with van der Waals surface area (Å²) in [5, 5.41) is 0. The van der Waals surface area contributed by atoms with Crippen LogP contribution in [0.4, 0.5) is 65.9 Å². The van der Waals surface area contributed by atoms with E-state index in [1.165, 1.54) is 6.92 Å². The van der Waals surface area contributed by atoms with Crippen molar-refractivity contribution in [2.45, 2.75) is 62.7 Å². The molecule has 0 aliphatic rings. The Morgan fingerprint density at radius 1 is 0.694 bits per heavy atom. The van der Waals surface area contributed by atoms with Crippen LogP contribution in [-0.4, -0.2) is 60.9 Å². The molecule has 0 aliphatic carbocycles. The number of hydrogen-bond acceptors (Lipinski definition) is 4. The summed E-state index contributed by atoms with van der Waals surface area (Å²) in [6.07, 6.45) is -25.2. The maximum atomic E-state index is 13.2. The Labute approximate surface area is 191 Å². The van der Waals surface area contributed by atoms with E-state index in [0.29, 0.717) is 6.92 Å². The second-order valence-corrected chi connectivity index (χ2v) is 6.72. The van der Waals surface area contributed by atoms with E-state index in [0.717, 1.165) is 0 Å². The summed E-state index contributed by atoms with van der Waals surface area (Å²) in [6, 6.07) is 0. The Morgan fingerprint density at radius 3 is 1.39 bits per heavy atom. The van der Waals surface area contributed by atoms with Gasteiger partial charge in [0.05, 0.1) is 6.42 Å². The van der Waals surface area contributed by atoms with Crippen LogP contribution in [0.3, 0.4) is 0 Å². The van der Waals surface area contributed by atoms with E-state index in [4.69, 9.17) is 0 Å². The van der Waals surface area contributed by atoms with E-state index < -0.39 is 72.9 Å². The highest BCUT2D eigenvalue weighted by atomic mass is 19.4. The molecule has 0 saturated carbocycles. The van der Waals surface area contributed by atoms with Crippen molar-refractivity contribution in [3.63, 3.8) is 0 Å². The molecule has 1 atom stereocenters. The maximum absolute atomic E-state index is 13.2. The second-order valence-electron chi connectivity index (χ2n) is 6.72. The highest BCUT2D eigenvalue weighted by Gasteiger charge is 2.84. The van der Waals surface area contributed by atoms with E-state index in [1.807, 2.05) is 0 Å². The summed E-state index contributed by atoms with van der Waals surface area (Å²) in [5.41, 5.74) is -1.07. The van der Waals surface area contributed by atoms with E-state index in [2.05, 4.69) is 22.6 Å². The number of rotatable bonds is 9. The molecule has 0 spiro atoms. The van der Waals surface area contributed by atoms with E-state index >= 15 is 0 Å². The lowest BCUT2D eigenvalue weighted by atomic mass is 9.97. The van der Waals surface area contributed by atoms with Crippen molar-refractivity contribution in [3.8, 4) is 0 Å². The highest BCUT2D eigenvalue weighted by molar-refractivity contribution is 5.87. The molecule has 0 heterocycles. The van der Waals surface area contributed by atoms with Gasteiger partial charge in [-0.25, -0.2) is 14.0 Å².